The maximum absolute atomic E-state index is 12.9. The van der Waals surface area contributed by atoms with Crippen LogP contribution in [0.3, 0.4) is 0 Å². The monoisotopic (exact) mass is 488 g/mol. The van der Waals surface area contributed by atoms with Gasteiger partial charge in [-0.2, -0.15) is 5.10 Å². The molecule has 2 aromatic rings. The van der Waals surface area contributed by atoms with E-state index in [1.54, 1.807) is 23.0 Å². The molecule has 2 rings (SSSR count). The SMILES string of the molecule is CCNC(=NCc1ccnn1C)NCCNC(=O)Cc1ccc(F)cc1.I. The average Bonchev–Trinajstić information content (AvgIpc) is 3.03. The highest BCUT2D eigenvalue weighted by Crippen LogP contribution is 2.03. The molecule has 148 valence electrons. The van der Waals surface area contributed by atoms with Crippen molar-refractivity contribution in [1.29, 1.82) is 0 Å². The molecule has 0 bridgehead atoms. The third kappa shape index (κ3) is 8.37. The second-order valence-electron chi connectivity index (χ2n) is 5.72. The fraction of sp³-hybridized carbons (Fsp3) is 0.389. The first-order valence-corrected chi connectivity index (χ1v) is 8.58. The van der Waals surface area contributed by atoms with E-state index in [0.717, 1.165) is 17.8 Å². The minimum atomic E-state index is -0.306. The van der Waals surface area contributed by atoms with E-state index in [-0.39, 0.29) is 42.1 Å². The van der Waals surface area contributed by atoms with Crippen LogP contribution in [0.1, 0.15) is 18.2 Å². The molecule has 1 aromatic heterocycles. The standard InChI is InChI=1S/C18H25FN6O.HI/c1-3-20-18(23-13-16-8-9-24-25(16)2)22-11-10-21-17(26)12-14-4-6-15(19)7-5-14;/h4-9H,3,10-13H2,1-2H3,(H,21,26)(H2,20,22,23);1H. The summed E-state index contributed by atoms with van der Waals surface area (Å²) in [5.41, 5.74) is 1.79. The second-order valence-corrected chi connectivity index (χ2v) is 5.72. The van der Waals surface area contributed by atoms with Crippen molar-refractivity contribution in [3.63, 3.8) is 0 Å². The smallest absolute Gasteiger partial charge is 0.224 e. The van der Waals surface area contributed by atoms with E-state index in [2.05, 4.69) is 26.0 Å². The van der Waals surface area contributed by atoms with Gasteiger partial charge in [-0.15, -0.1) is 24.0 Å². The summed E-state index contributed by atoms with van der Waals surface area (Å²) >= 11 is 0. The minimum absolute atomic E-state index is 0. The van der Waals surface area contributed by atoms with Crippen LogP contribution >= 0.6 is 24.0 Å². The number of hydrogen-bond donors (Lipinski definition) is 3. The van der Waals surface area contributed by atoms with Gasteiger partial charge in [0.2, 0.25) is 5.91 Å². The number of guanidine groups is 1. The highest BCUT2D eigenvalue weighted by molar-refractivity contribution is 14.0. The van der Waals surface area contributed by atoms with Gasteiger partial charge in [-0.1, -0.05) is 12.1 Å². The van der Waals surface area contributed by atoms with Crippen molar-refractivity contribution in [3.8, 4) is 0 Å². The van der Waals surface area contributed by atoms with Crippen LogP contribution in [0.25, 0.3) is 0 Å². The van der Waals surface area contributed by atoms with Crippen molar-refractivity contribution < 1.29 is 9.18 Å². The summed E-state index contributed by atoms with van der Waals surface area (Å²) in [5, 5.41) is 13.3. The van der Waals surface area contributed by atoms with Crippen molar-refractivity contribution in [1.82, 2.24) is 25.7 Å². The topological polar surface area (TPSA) is 83.3 Å². The number of benzene rings is 1. The third-order valence-corrected chi connectivity index (χ3v) is 3.68. The molecule has 1 amide bonds. The number of aliphatic imine (C=N–C) groups is 1. The number of nitrogens with zero attached hydrogens (tertiary/aromatic N) is 3. The van der Waals surface area contributed by atoms with Crippen LogP contribution in [-0.2, 0) is 24.8 Å². The number of carbonyl (C=O) groups is 1. The van der Waals surface area contributed by atoms with Gasteiger partial charge in [-0.25, -0.2) is 9.38 Å². The first kappa shape index (κ1) is 22.9. The van der Waals surface area contributed by atoms with Gasteiger partial charge in [0.25, 0.3) is 0 Å². The van der Waals surface area contributed by atoms with Crippen molar-refractivity contribution in [2.24, 2.45) is 12.0 Å². The normalized spacial score (nSPS) is 10.9. The first-order valence-electron chi connectivity index (χ1n) is 8.58. The maximum Gasteiger partial charge on any atom is 0.224 e. The Morgan fingerprint density at radius 3 is 2.48 bits per heavy atom. The van der Waals surface area contributed by atoms with Crippen LogP contribution in [0.5, 0.6) is 0 Å². The molecule has 1 heterocycles. The number of rotatable bonds is 8. The summed E-state index contributed by atoms with van der Waals surface area (Å²) in [6, 6.07) is 7.85. The summed E-state index contributed by atoms with van der Waals surface area (Å²) in [7, 11) is 1.88. The van der Waals surface area contributed by atoms with Gasteiger partial charge in [0.15, 0.2) is 5.96 Å². The molecule has 3 N–H and O–H groups in total. The average molecular weight is 488 g/mol. The molecule has 0 aliphatic heterocycles. The number of nitrogens with one attached hydrogen (secondary N) is 3. The van der Waals surface area contributed by atoms with Crippen LogP contribution in [0.4, 0.5) is 4.39 Å². The largest absolute Gasteiger partial charge is 0.357 e. The van der Waals surface area contributed by atoms with Crippen molar-refractivity contribution >= 4 is 35.8 Å². The predicted molar refractivity (Wildman–Crippen MR) is 115 cm³/mol. The lowest BCUT2D eigenvalue weighted by Crippen LogP contribution is -2.41. The van der Waals surface area contributed by atoms with Crippen molar-refractivity contribution in [3.05, 3.63) is 53.6 Å². The Labute approximate surface area is 175 Å². The highest BCUT2D eigenvalue weighted by atomic mass is 127. The summed E-state index contributed by atoms with van der Waals surface area (Å²) in [4.78, 5) is 16.4. The molecule has 0 aliphatic carbocycles. The summed E-state index contributed by atoms with van der Waals surface area (Å²) in [5.74, 6) is 0.274. The second kappa shape index (κ2) is 12.3. The number of halogens is 2. The fourth-order valence-electron chi connectivity index (χ4n) is 2.29. The van der Waals surface area contributed by atoms with E-state index >= 15 is 0 Å². The van der Waals surface area contributed by atoms with Gasteiger partial charge in [-0.05, 0) is 30.7 Å². The Kier molecular flexibility index (Phi) is 10.4. The maximum atomic E-state index is 12.9. The minimum Gasteiger partial charge on any atom is -0.357 e. The molecule has 0 radical (unpaired) electrons. The molecule has 0 atom stereocenters. The molecule has 0 spiro atoms. The van der Waals surface area contributed by atoms with E-state index in [4.69, 9.17) is 0 Å². The zero-order valence-electron chi connectivity index (χ0n) is 15.5. The Bertz CT molecular complexity index is 732. The highest BCUT2D eigenvalue weighted by Gasteiger charge is 2.04. The van der Waals surface area contributed by atoms with E-state index in [9.17, 15) is 9.18 Å². The zero-order valence-corrected chi connectivity index (χ0v) is 17.9. The molecule has 1 aromatic carbocycles. The molecule has 9 heteroatoms. The van der Waals surface area contributed by atoms with Gasteiger partial charge >= 0.3 is 0 Å². The molecular formula is C18H26FIN6O. The fourth-order valence-corrected chi connectivity index (χ4v) is 2.29. The number of carbonyl (C=O) groups excluding carboxylic acids is 1. The molecular weight excluding hydrogens is 462 g/mol. The van der Waals surface area contributed by atoms with Crippen LogP contribution in [0, 0.1) is 5.82 Å². The van der Waals surface area contributed by atoms with Crippen molar-refractivity contribution in [2.75, 3.05) is 19.6 Å². The van der Waals surface area contributed by atoms with Gasteiger partial charge in [0.1, 0.15) is 5.82 Å². The summed E-state index contributed by atoms with van der Waals surface area (Å²) in [6.07, 6.45) is 1.97. The lowest BCUT2D eigenvalue weighted by Gasteiger charge is -2.12. The van der Waals surface area contributed by atoms with Gasteiger partial charge in [0.05, 0.1) is 18.7 Å². The van der Waals surface area contributed by atoms with E-state index in [1.807, 2.05) is 20.0 Å². The Balaban J connectivity index is 0.00000364. The van der Waals surface area contributed by atoms with Gasteiger partial charge in [-0.3, -0.25) is 9.48 Å². The van der Waals surface area contributed by atoms with Crippen molar-refractivity contribution in [2.45, 2.75) is 19.9 Å². The molecule has 27 heavy (non-hydrogen) atoms. The Morgan fingerprint density at radius 2 is 1.85 bits per heavy atom. The number of aromatic nitrogens is 2. The van der Waals surface area contributed by atoms with E-state index in [0.29, 0.717) is 25.6 Å². The van der Waals surface area contributed by atoms with Crippen LogP contribution in [0.15, 0.2) is 41.5 Å². The molecule has 0 saturated carbocycles. The van der Waals surface area contributed by atoms with Crippen LogP contribution in [0.2, 0.25) is 0 Å². The molecule has 0 unspecified atom stereocenters. The quantitative estimate of drug-likeness (QED) is 0.228. The lowest BCUT2D eigenvalue weighted by atomic mass is 10.1. The molecule has 0 fully saturated rings. The summed E-state index contributed by atoms with van der Waals surface area (Å²) < 4.78 is 14.6. The molecule has 7 nitrogen and oxygen atoms in total. The van der Waals surface area contributed by atoms with Crippen LogP contribution in [-0.4, -0.2) is 41.3 Å². The van der Waals surface area contributed by atoms with Crippen LogP contribution < -0.4 is 16.0 Å². The Hall–Kier alpha value is -2.17. The predicted octanol–water partition coefficient (Wildman–Crippen LogP) is 1.59. The number of aryl methyl sites for hydroxylation is 1. The Morgan fingerprint density at radius 1 is 1.15 bits per heavy atom. The lowest BCUT2D eigenvalue weighted by molar-refractivity contribution is -0.120. The first-order chi connectivity index (χ1) is 12.6. The molecule has 0 aliphatic rings. The molecule has 0 saturated heterocycles. The third-order valence-electron chi connectivity index (χ3n) is 3.68. The number of amides is 1. The number of hydrogen-bond acceptors (Lipinski definition) is 3. The van der Waals surface area contributed by atoms with E-state index < -0.39 is 0 Å². The van der Waals surface area contributed by atoms with Gasteiger partial charge < -0.3 is 16.0 Å². The summed E-state index contributed by atoms with van der Waals surface area (Å²) in [6.45, 7) is 4.27. The van der Waals surface area contributed by atoms with E-state index in [1.165, 1.54) is 12.1 Å². The zero-order chi connectivity index (χ0) is 18.8. The van der Waals surface area contributed by atoms with Gasteiger partial charge in [0, 0.05) is 32.9 Å².